The molecule has 1 amide bonds. The molecule has 7 nitrogen and oxygen atoms in total. The number of rotatable bonds is 6. The van der Waals surface area contributed by atoms with Gasteiger partial charge in [-0.1, -0.05) is 38.1 Å². The molecule has 0 aliphatic rings. The van der Waals surface area contributed by atoms with Gasteiger partial charge in [-0.05, 0) is 23.5 Å². The summed E-state index contributed by atoms with van der Waals surface area (Å²) in [6, 6.07) is 8.42. The number of aromatic nitrogens is 4. The van der Waals surface area contributed by atoms with Crippen LogP contribution in [0, 0.1) is 0 Å². The Kier molecular flexibility index (Phi) is 5.16. The molecule has 2 heterocycles. The van der Waals surface area contributed by atoms with Crippen molar-refractivity contribution in [2.75, 3.05) is 6.54 Å². The molecule has 0 fully saturated rings. The largest absolute Gasteiger partial charge is 0.354 e. The number of fused-ring (bicyclic) bond motifs is 1. The number of amides is 1. The summed E-state index contributed by atoms with van der Waals surface area (Å²) < 4.78 is 2.84. The van der Waals surface area contributed by atoms with E-state index in [4.69, 9.17) is 0 Å². The second-order valence-corrected chi connectivity index (χ2v) is 6.68. The van der Waals surface area contributed by atoms with Crippen molar-refractivity contribution < 1.29 is 4.79 Å². The van der Waals surface area contributed by atoms with Crippen LogP contribution in [0.3, 0.4) is 0 Å². The third kappa shape index (κ3) is 3.82. The molecule has 0 saturated carbocycles. The zero-order valence-electron chi connectivity index (χ0n) is 15.3. The minimum absolute atomic E-state index is 0.0526. The molecular formula is C19H23N5O2. The van der Waals surface area contributed by atoms with Crippen molar-refractivity contribution in [3.8, 4) is 0 Å². The third-order valence-electron chi connectivity index (χ3n) is 4.41. The van der Waals surface area contributed by atoms with E-state index in [9.17, 15) is 9.59 Å². The average molecular weight is 353 g/mol. The van der Waals surface area contributed by atoms with E-state index in [2.05, 4.69) is 53.5 Å². The van der Waals surface area contributed by atoms with Gasteiger partial charge in [0.05, 0.1) is 6.20 Å². The Morgan fingerprint density at radius 1 is 1.23 bits per heavy atom. The smallest absolute Gasteiger partial charge is 0.264 e. The van der Waals surface area contributed by atoms with Crippen molar-refractivity contribution in [1.29, 1.82) is 0 Å². The highest BCUT2D eigenvalue weighted by Crippen LogP contribution is 2.14. The number of carbonyl (C=O) groups is 1. The molecule has 0 spiro atoms. The molecule has 3 rings (SSSR count). The highest BCUT2D eigenvalue weighted by molar-refractivity contribution is 5.77. The van der Waals surface area contributed by atoms with Gasteiger partial charge in [0.2, 0.25) is 5.91 Å². The van der Waals surface area contributed by atoms with Gasteiger partial charge in [-0.15, -0.1) is 0 Å². The maximum atomic E-state index is 12.3. The fourth-order valence-corrected chi connectivity index (χ4v) is 2.81. The molecule has 0 saturated heterocycles. The van der Waals surface area contributed by atoms with Crippen LogP contribution >= 0.6 is 0 Å². The molecule has 2 aromatic heterocycles. The van der Waals surface area contributed by atoms with Crippen LogP contribution in [0.1, 0.15) is 30.9 Å². The third-order valence-corrected chi connectivity index (χ3v) is 4.41. The second kappa shape index (κ2) is 7.51. The molecule has 0 radical (unpaired) electrons. The van der Waals surface area contributed by atoms with Crippen molar-refractivity contribution in [2.45, 2.75) is 32.7 Å². The Bertz CT molecular complexity index is 970. The maximum Gasteiger partial charge on any atom is 0.264 e. The van der Waals surface area contributed by atoms with Gasteiger partial charge in [-0.25, -0.2) is 4.98 Å². The molecule has 7 heteroatoms. The van der Waals surface area contributed by atoms with Gasteiger partial charge in [-0.2, -0.15) is 5.10 Å². The molecule has 0 bridgehead atoms. The van der Waals surface area contributed by atoms with Crippen LogP contribution in [0.15, 0.2) is 41.6 Å². The molecule has 1 aromatic carbocycles. The van der Waals surface area contributed by atoms with Crippen molar-refractivity contribution in [2.24, 2.45) is 7.05 Å². The minimum Gasteiger partial charge on any atom is -0.354 e. The van der Waals surface area contributed by atoms with Crippen LogP contribution in [-0.4, -0.2) is 31.8 Å². The number of nitrogens with one attached hydrogen (secondary N) is 1. The molecule has 0 aliphatic heterocycles. The van der Waals surface area contributed by atoms with Gasteiger partial charge in [0, 0.05) is 13.6 Å². The van der Waals surface area contributed by atoms with E-state index in [-0.39, 0.29) is 18.0 Å². The van der Waals surface area contributed by atoms with Crippen molar-refractivity contribution in [3.63, 3.8) is 0 Å². The Balaban J connectivity index is 1.56. The summed E-state index contributed by atoms with van der Waals surface area (Å²) in [6.45, 7) is 4.80. The first-order valence-electron chi connectivity index (χ1n) is 8.68. The van der Waals surface area contributed by atoms with E-state index in [1.54, 1.807) is 7.05 Å². The number of hydrogen-bond donors (Lipinski definition) is 1. The summed E-state index contributed by atoms with van der Waals surface area (Å²) in [4.78, 5) is 28.7. The SMILES string of the molecule is CC(C)c1ccc(CCNC(=O)Cn2cnc3c(cnn3C)c2=O)cc1. The summed E-state index contributed by atoms with van der Waals surface area (Å²) in [6.07, 6.45) is 3.61. The minimum atomic E-state index is -0.262. The van der Waals surface area contributed by atoms with Crippen LogP contribution in [0.25, 0.3) is 11.0 Å². The van der Waals surface area contributed by atoms with Crippen LogP contribution < -0.4 is 10.9 Å². The fraction of sp³-hybridized carbons (Fsp3) is 0.368. The van der Waals surface area contributed by atoms with E-state index < -0.39 is 0 Å². The first-order valence-corrected chi connectivity index (χ1v) is 8.68. The molecule has 3 aromatic rings. The lowest BCUT2D eigenvalue weighted by atomic mass is 10.0. The van der Waals surface area contributed by atoms with Crippen LogP contribution in [-0.2, 0) is 24.8 Å². The summed E-state index contributed by atoms with van der Waals surface area (Å²) >= 11 is 0. The van der Waals surface area contributed by atoms with Crippen LogP contribution in [0.4, 0.5) is 0 Å². The highest BCUT2D eigenvalue weighted by atomic mass is 16.2. The van der Waals surface area contributed by atoms with Crippen molar-refractivity contribution in [3.05, 3.63) is 58.3 Å². The van der Waals surface area contributed by atoms with Crippen LogP contribution in [0.2, 0.25) is 0 Å². The molecular weight excluding hydrogens is 330 g/mol. The van der Waals surface area contributed by atoms with Crippen LogP contribution in [0.5, 0.6) is 0 Å². The summed E-state index contributed by atoms with van der Waals surface area (Å²) in [7, 11) is 1.72. The highest BCUT2D eigenvalue weighted by Gasteiger charge is 2.10. The van der Waals surface area contributed by atoms with Gasteiger partial charge in [0.1, 0.15) is 18.3 Å². The first-order chi connectivity index (χ1) is 12.5. The Morgan fingerprint density at radius 2 is 1.96 bits per heavy atom. The van der Waals surface area contributed by atoms with E-state index in [0.717, 1.165) is 6.42 Å². The van der Waals surface area contributed by atoms with E-state index in [1.165, 1.54) is 32.9 Å². The molecule has 0 unspecified atom stereocenters. The number of nitrogens with zero attached hydrogens (tertiary/aromatic N) is 4. The molecule has 26 heavy (non-hydrogen) atoms. The normalized spacial score (nSPS) is 11.2. The van der Waals surface area contributed by atoms with Crippen molar-refractivity contribution in [1.82, 2.24) is 24.6 Å². The van der Waals surface area contributed by atoms with Gasteiger partial charge in [0.15, 0.2) is 5.65 Å². The zero-order chi connectivity index (χ0) is 18.7. The Morgan fingerprint density at radius 3 is 2.65 bits per heavy atom. The van der Waals surface area contributed by atoms with E-state index in [0.29, 0.717) is 23.5 Å². The quantitative estimate of drug-likeness (QED) is 0.730. The lowest BCUT2D eigenvalue weighted by Crippen LogP contribution is -2.33. The number of hydrogen-bond acceptors (Lipinski definition) is 4. The lowest BCUT2D eigenvalue weighted by Gasteiger charge is -2.09. The molecule has 0 aliphatic carbocycles. The predicted octanol–water partition coefficient (Wildman–Crippen LogP) is 1.61. The van der Waals surface area contributed by atoms with Gasteiger partial charge in [0.25, 0.3) is 5.56 Å². The summed E-state index contributed by atoms with van der Waals surface area (Å²) in [5.74, 6) is 0.295. The molecule has 1 N–H and O–H groups in total. The number of aryl methyl sites for hydroxylation is 1. The topological polar surface area (TPSA) is 81.8 Å². The Hall–Kier alpha value is -2.96. The zero-order valence-corrected chi connectivity index (χ0v) is 15.3. The monoisotopic (exact) mass is 353 g/mol. The molecule has 136 valence electrons. The van der Waals surface area contributed by atoms with Gasteiger partial charge >= 0.3 is 0 Å². The molecule has 0 atom stereocenters. The average Bonchev–Trinajstić information content (AvgIpc) is 3.00. The number of carbonyl (C=O) groups excluding carboxylic acids is 1. The lowest BCUT2D eigenvalue weighted by molar-refractivity contribution is -0.121. The fourth-order valence-electron chi connectivity index (χ4n) is 2.81. The van der Waals surface area contributed by atoms with E-state index in [1.807, 2.05) is 0 Å². The number of benzene rings is 1. The predicted molar refractivity (Wildman–Crippen MR) is 100 cm³/mol. The first kappa shape index (κ1) is 17.8. The second-order valence-electron chi connectivity index (χ2n) is 6.68. The van der Waals surface area contributed by atoms with E-state index >= 15 is 0 Å². The van der Waals surface area contributed by atoms with Gasteiger partial charge in [-0.3, -0.25) is 18.8 Å². The van der Waals surface area contributed by atoms with Crippen molar-refractivity contribution >= 4 is 16.9 Å². The maximum absolute atomic E-state index is 12.3. The summed E-state index contributed by atoms with van der Waals surface area (Å²) in [5.41, 5.74) is 2.72. The standard InChI is InChI=1S/C19H23N5O2/c1-13(2)15-6-4-14(5-7-15)8-9-20-17(25)11-24-12-21-18-16(19(24)26)10-22-23(18)3/h4-7,10,12-13H,8-9,11H2,1-3H3,(H,20,25). The summed E-state index contributed by atoms with van der Waals surface area (Å²) in [5, 5.41) is 7.28. The Labute approximate surface area is 151 Å². The van der Waals surface area contributed by atoms with Gasteiger partial charge < -0.3 is 5.32 Å².